The highest BCUT2D eigenvalue weighted by molar-refractivity contribution is 7.89. The van der Waals surface area contributed by atoms with Crippen molar-refractivity contribution in [3.05, 3.63) is 23.5 Å². The van der Waals surface area contributed by atoms with Crippen LogP contribution in [-0.2, 0) is 14.8 Å². The van der Waals surface area contributed by atoms with Crippen LogP contribution in [0.3, 0.4) is 0 Å². The molecule has 8 heteroatoms. The molecule has 2 rings (SSSR count). The van der Waals surface area contributed by atoms with Crippen LogP contribution in [0.2, 0.25) is 5.15 Å². The molecule has 19 heavy (non-hydrogen) atoms. The smallest absolute Gasteiger partial charge is 0.303 e. The Morgan fingerprint density at radius 1 is 1.58 bits per heavy atom. The van der Waals surface area contributed by atoms with Gasteiger partial charge in [0.2, 0.25) is 10.0 Å². The number of carboxylic acids is 1. The molecule has 1 fully saturated rings. The van der Waals surface area contributed by atoms with Crippen molar-refractivity contribution in [2.24, 2.45) is 5.92 Å². The molecule has 0 aromatic carbocycles. The number of rotatable bonds is 4. The SMILES string of the molecule is O=C(O)CC1CCN(S(=O)(=O)c2cccnc2Cl)C1. The molecule has 0 bridgehead atoms. The average Bonchev–Trinajstić information content (AvgIpc) is 2.77. The monoisotopic (exact) mass is 304 g/mol. The van der Waals surface area contributed by atoms with Crippen molar-refractivity contribution in [1.82, 2.24) is 9.29 Å². The number of aliphatic carboxylic acids is 1. The van der Waals surface area contributed by atoms with Crippen molar-refractivity contribution >= 4 is 27.6 Å². The Labute approximate surface area is 116 Å². The van der Waals surface area contributed by atoms with Crippen molar-refractivity contribution < 1.29 is 18.3 Å². The summed E-state index contributed by atoms with van der Waals surface area (Å²) in [6, 6.07) is 2.90. The van der Waals surface area contributed by atoms with Crippen molar-refractivity contribution in [3.8, 4) is 0 Å². The summed E-state index contributed by atoms with van der Waals surface area (Å²) in [5, 5.41) is 8.66. The average molecular weight is 305 g/mol. The van der Waals surface area contributed by atoms with Gasteiger partial charge in [-0.05, 0) is 24.5 Å². The van der Waals surface area contributed by atoms with Gasteiger partial charge in [-0.2, -0.15) is 4.31 Å². The highest BCUT2D eigenvalue weighted by Crippen LogP contribution is 2.28. The van der Waals surface area contributed by atoms with Gasteiger partial charge in [0.15, 0.2) is 0 Å². The summed E-state index contributed by atoms with van der Waals surface area (Å²) >= 11 is 5.80. The summed E-state index contributed by atoms with van der Waals surface area (Å²) in [6.07, 6.45) is 1.94. The van der Waals surface area contributed by atoms with Gasteiger partial charge in [0.25, 0.3) is 0 Å². The summed E-state index contributed by atoms with van der Waals surface area (Å²) in [4.78, 5) is 14.4. The van der Waals surface area contributed by atoms with Crippen LogP contribution in [0.4, 0.5) is 0 Å². The molecule has 0 spiro atoms. The lowest BCUT2D eigenvalue weighted by Crippen LogP contribution is -2.29. The van der Waals surface area contributed by atoms with E-state index in [0.717, 1.165) is 0 Å². The fraction of sp³-hybridized carbons (Fsp3) is 0.455. The number of hydrogen-bond donors (Lipinski definition) is 1. The third-order valence-electron chi connectivity index (χ3n) is 3.05. The van der Waals surface area contributed by atoms with Gasteiger partial charge in [0.1, 0.15) is 10.0 Å². The second kappa shape index (κ2) is 5.44. The van der Waals surface area contributed by atoms with Gasteiger partial charge in [0, 0.05) is 25.7 Å². The van der Waals surface area contributed by atoms with Gasteiger partial charge in [-0.1, -0.05) is 11.6 Å². The first-order valence-electron chi connectivity index (χ1n) is 5.73. The summed E-state index contributed by atoms with van der Waals surface area (Å²) in [5.41, 5.74) is 0. The highest BCUT2D eigenvalue weighted by Gasteiger charge is 2.34. The molecule has 1 atom stereocenters. The molecule has 104 valence electrons. The van der Waals surface area contributed by atoms with E-state index < -0.39 is 16.0 Å². The molecule has 0 radical (unpaired) electrons. The summed E-state index contributed by atoms with van der Waals surface area (Å²) in [7, 11) is -3.69. The summed E-state index contributed by atoms with van der Waals surface area (Å²) < 4.78 is 25.9. The minimum Gasteiger partial charge on any atom is -0.481 e. The number of sulfonamides is 1. The predicted octanol–water partition coefficient (Wildman–Crippen LogP) is 1.22. The van der Waals surface area contributed by atoms with Gasteiger partial charge in [-0.15, -0.1) is 0 Å². The van der Waals surface area contributed by atoms with E-state index in [9.17, 15) is 13.2 Å². The lowest BCUT2D eigenvalue weighted by Gasteiger charge is -2.16. The zero-order valence-electron chi connectivity index (χ0n) is 9.99. The van der Waals surface area contributed by atoms with Crippen LogP contribution in [0.15, 0.2) is 23.2 Å². The molecular weight excluding hydrogens is 292 g/mol. The fourth-order valence-electron chi connectivity index (χ4n) is 2.13. The second-order valence-electron chi connectivity index (χ2n) is 4.41. The van der Waals surface area contributed by atoms with Gasteiger partial charge in [-0.25, -0.2) is 13.4 Å². The Bertz CT molecular complexity index is 590. The van der Waals surface area contributed by atoms with Crippen LogP contribution in [0.5, 0.6) is 0 Å². The maximum atomic E-state index is 12.3. The van der Waals surface area contributed by atoms with E-state index in [0.29, 0.717) is 13.0 Å². The number of pyridine rings is 1. The molecule has 1 aromatic rings. The Kier molecular flexibility index (Phi) is 4.07. The van der Waals surface area contributed by atoms with E-state index in [1.165, 1.54) is 22.6 Å². The predicted molar refractivity (Wildman–Crippen MR) is 68.4 cm³/mol. The first kappa shape index (κ1) is 14.2. The Hall–Kier alpha value is -1.18. The number of carbonyl (C=O) groups is 1. The number of halogens is 1. The molecule has 1 saturated heterocycles. The molecule has 2 heterocycles. The third-order valence-corrected chi connectivity index (χ3v) is 5.36. The lowest BCUT2D eigenvalue weighted by molar-refractivity contribution is -0.137. The van der Waals surface area contributed by atoms with Crippen molar-refractivity contribution in [2.75, 3.05) is 13.1 Å². The van der Waals surface area contributed by atoms with E-state index >= 15 is 0 Å². The zero-order valence-corrected chi connectivity index (χ0v) is 11.6. The Morgan fingerprint density at radius 2 is 2.32 bits per heavy atom. The number of aromatic nitrogens is 1. The molecule has 1 N–H and O–H groups in total. The summed E-state index contributed by atoms with van der Waals surface area (Å²) in [6.45, 7) is 0.519. The molecule has 1 aliphatic rings. The van der Waals surface area contributed by atoms with Crippen LogP contribution in [0.1, 0.15) is 12.8 Å². The first-order valence-corrected chi connectivity index (χ1v) is 7.55. The van der Waals surface area contributed by atoms with E-state index in [1.807, 2.05) is 0 Å². The maximum Gasteiger partial charge on any atom is 0.303 e. The highest BCUT2D eigenvalue weighted by atomic mass is 35.5. The number of carboxylic acid groups (broad SMARTS) is 1. The molecule has 0 aliphatic carbocycles. The molecule has 1 aliphatic heterocycles. The molecular formula is C11H13ClN2O4S. The minimum absolute atomic E-state index is 0.0210. The molecule has 0 saturated carbocycles. The van der Waals surface area contributed by atoms with Gasteiger partial charge >= 0.3 is 5.97 Å². The maximum absolute atomic E-state index is 12.3. The third kappa shape index (κ3) is 3.05. The van der Waals surface area contributed by atoms with Crippen LogP contribution in [0.25, 0.3) is 0 Å². The fourth-order valence-corrected chi connectivity index (χ4v) is 4.09. The van der Waals surface area contributed by atoms with Crippen molar-refractivity contribution in [3.63, 3.8) is 0 Å². The molecule has 1 aromatic heterocycles. The largest absolute Gasteiger partial charge is 0.481 e. The minimum atomic E-state index is -3.69. The normalized spacial score (nSPS) is 20.6. The van der Waals surface area contributed by atoms with Crippen molar-refractivity contribution in [1.29, 1.82) is 0 Å². The van der Waals surface area contributed by atoms with Gasteiger partial charge in [-0.3, -0.25) is 4.79 Å². The van der Waals surface area contributed by atoms with Crippen LogP contribution in [0, 0.1) is 5.92 Å². The topological polar surface area (TPSA) is 87.6 Å². The van der Waals surface area contributed by atoms with Crippen LogP contribution >= 0.6 is 11.6 Å². The standard InChI is InChI=1S/C11H13ClN2O4S/c12-11-9(2-1-4-13-11)19(17,18)14-5-3-8(7-14)6-10(15)16/h1-2,4,8H,3,5-7H2,(H,15,16). The van der Waals surface area contributed by atoms with E-state index in [4.69, 9.17) is 16.7 Å². The van der Waals surface area contributed by atoms with Gasteiger partial charge in [0.05, 0.1) is 0 Å². The van der Waals surface area contributed by atoms with Crippen LogP contribution in [-0.4, -0.2) is 41.9 Å². The molecule has 0 amide bonds. The Morgan fingerprint density at radius 3 is 2.95 bits per heavy atom. The first-order chi connectivity index (χ1) is 8.91. The second-order valence-corrected chi connectivity index (χ2v) is 6.67. The quantitative estimate of drug-likeness (QED) is 0.845. The zero-order chi connectivity index (χ0) is 14.0. The van der Waals surface area contributed by atoms with E-state index in [-0.39, 0.29) is 28.9 Å². The van der Waals surface area contributed by atoms with E-state index in [2.05, 4.69) is 4.98 Å². The lowest BCUT2D eigenvalue weighted by atomic mass is 10.1. The van der Waals surface area contributed by atoms with Crippen LogP contribution < -0.4 is 0 Å². The van der Waals surface area contributed by atoms with Gasteiger partial charge < -0.3 is 5.11 Å². The van der Waals surface area contributed by atoms with E-state index in [1.54, 1.807) is 0 Å². The Balaban J connectivity index is 2.19. The van der Waals surface area contributed by atoms with Crippen molar-refractivity contribution in [2.45, 2.75) is 17.7 Å². The molecule has 6 nitrogen and oxygen atoms in total. The number of hydrogen-bond acceptors (Lipinski definition) is 4. The number of nitrogens with zero attached hydrogens (tertiary/aromatic N) is 2. The molecule has 1 unspecified atom stereocenters. The summed E-state index contributed by atoms with van der Waals surface area (Å²) in [5.74, 6) is -1.06.